The van der Waals surface area contributed by atoms with Crippen LogP contribution in [-0.2, 0) is 9.16 Å². The van der Waals surface area contributed by atoms with E-state index in [0.29, 0.717) is 18.1 Å². The number of carbonyl (C=O) groups is 1. The van der Waals surface area contributed by atoms with E-state index in [9.17, 15) is 4.79 Å². The molecule has 4 heteroatoms. The summed E-state index contributed by atoms with van der Waals surface area (Å²) in [5, 5.41) is 2.55. The lowest BCUT2D eigenvalue weighted by Crippen LogP contribution is -2.66. The van der Waals surface area contributed by atoms with E-state index in [0.717, 1.165) is 12.0 Å². The second kappa shape index (κ2) is 10.7. The number of esters is 1. The molecule has 1 aliphatic carbocycles. The van der Waals surface area contributed by atoms with E-state index in [1.165, 1.54) is 10.4 Å². The fourth-order valence-electron chi connectivity index (χ4n) is 4.88. The third-order valence-electron chi connectivity index (χ3n) is 6.79. The second-order valence-electron chi connectivity index (χ2n) is 11.9. The van der Waals surface area contributed by atoms with E-state index in [4.69, 9.17) is 9.16 Å². The Morgan fingerprint density at radius 1 is 0.838 bits per heavy atom. The maximum atomic E-state index is 12.7. The summed E-state index contributed by atoms with van der Waals surface area (Å²) in [5.74, 6) is 7.01. The van der Waals surface area contributed by atoms with Crippen LogP contribution in [0, 0.1) is 23.7 Å². The van der Waals surface area contributed by atoms with Gasteiger partial charge in [-0.25, -0.2) is 4.79 Å². The van der Waals surface area contributed by atoms with Gasteiger partial charge in [-0.05, 0) is 60.7 Å². The molecule has 3 aromatic rings. The van der Waals surface area contributed by atoms with Crippen molar-refractivity contribution in [2.24, 2.45) is 11.8 Å². The zero-order chi connectivity index (χ0) is 26.7. The van der Waals surface area contributed by atoms with Crippen molar-refractivity contribution in [1.82, 2.24) is 0 Å². The lowest BCUT2D eigenvalue weighted by atomic mass is 10.1. The van der Waals surface area contributed by atoms with Gasteiger partial charge < -0.3 is 9.16 Å². The first kappa shape index (κ1) is 26.9. The Labute approximate surface area is 223 Å². The Morgan fingerprint density at radius 3 is 1.92 bits per heavy atom. The standard InChI is InChI=1S/C33H38O3Si/c1-32(2,3)36-31(34)30-20-14-13-15-25(30)21-22-26-23-27(26)24-35-37(33(4,5)6,28-16-9-7-10-17-28)29-18-11-8-12-19-29/h7-20,26-27H,23-24H2,1-6H3/t26-,27+/m1/s1. The monoisotopic (exact) mass is 510 g/mol. The number of hydrogen-bond acceptors (Lipinski definition) is 3. The van der Waals surface area contributed by atoms with Crippen molar-refractivity contribution < 1.29 is 14.0 Å². The highest BCUT2D eigenvalue weighted by molar-refractivity contribution is 6.99. The van der Waals surface area contributed by atoms with Gasteiger partial charge in [0.1, 0.15) is 5.60 Å². The molecule has 0 bridgehead atoms. The van der Waals surface area contributed by atoms with Gasteiger partial charge in [0.2, 0.25) is 0 Å². The summed E-state index contributed by atoms with van der Waals surface area (Å²) in [6.07, 6.45) is 1.01. The average Bonchev–Trinajstić information content (AvgIpc) is 3.61. The largest absolute Gasteiger partial charge is 0.456 e. The molecule has 0 N–H and O–H groups in total. The van der Waals surface area contributed by atoms with Crippen LogP contribution in [-0.4, -0.2) is 26.5 Å². The Morgan fingerprint density at radius 2 is 1.38 bits per heavy atom. The SMILES string of the molecule is CC(C)(C)OC(=O)c1ccccc1C#C[C@@H]1C[C@H]1CO[Si](c1ccccc1)(c1ccccc1)C(C)(C)C. The van der Waals surface area contributed by atoms with Gasteiger partial charge in [-0.15, -0.1) is 0 Å². The molecule has 192 valence electrons. The summed E-state index contributed by atoms with van der Waals surface area (Å²) >= 11 is 0. The van der Waals surface area contributed by atoms with E-state index in [2.05, 4.69) is 93.3 Å². The van der Waals surface area contributed by atoms with Crippen molar-refractivity contribution in [3.8, 4) is 11.8 Å². The maximum absolute atomic E-state index is 12.7. The molecule has 2 atom stereocenters. The number of ether oxygens (including phenoxy) is 1. The fourth-order valence-corrected chi connectivity index (χ4v) is 9.50. The number of hydrogen-bond donors (Lipinski definition) is 0. The van der Waals surface area contributed by atoms with Crippen LogP contribution < -0.4 is 10.4 Å². The molecule has 1 aliphatic rings. The second-order valence-corrected chi connectivity index (χ2v) is 16.2. The summed E-state index contributed by atoms with van der Waals surface area (Å²) in [6.45, 7) is 13.2. The van der Waals surface area contributed by atoms with Gasteiger partial charge in [0.15, 0.2) is 0 Å². The van der Waals surface area contributed by atoms with Gasteiger partial charge in [0, 0.05) is 18.1 Å². The molecule has 37 heavy (non-hydrogen) atoms. The molecule has 0 amide bonds. The molecule has 1 fully saturated rings. The minimum absolute atomic E-state index is 0.0435. The molecule has 4 rings (SSSR count). The Hall–Kier alpha value is -3.13. The van der Waals surface area contributed by atoms with E-state index in [1.807, 2.05) is 39.0 Å². The summed E-state index contributed by atoms with van der Waals surface area (Å²) < 4.78 is 12.7. The molecule has 0 aromatic heterocycles. The highest BCUT2D eigenvalue weighted by Gasteiger charge is 2.51. The van der Waals surface area contributed by atoms with Crippen molar-refractivity contribution in [3.63, 3.8) is 0 Å². The fraction of sp³-hybridized carbons (Fsp3) is 0.364. The van der Waals surface area contributed by atoms with Gasteiger partial charge >= 0.3 is 5.97 Å². The van der Waals surface area contributed by atoms with Crippen molar-refractivity contribution in [2.75, 3.05) is 6.61 Å². The minimum Gasteiger partial charge on any atom is -0.456 e. The van der Waals surface area contributed by atoms with E-state index in [1.54, 1.807) is 6.07 Å². The van der Waals surface area contributed by atoms with Crippen molar-refractivity contribution in [1.29, 1.82) is 0 Å². The highest BCUT2D eigenvalue weighted by atomic mass is 28.4. The van der Waals surface area contributed by atoms with Crippen LogP contribution in [0.25, 0.3) is 0 Å². The zero-order valence-electron chi connectivity index (χ0n) is 22.9. The van der Waals surface area contributed by atoms with Gasteiger partial charge in [-0.1, -0.05) is 105 Å². The number of carbonyl (C=O) groups excluding carboxylic acids is 1. The molecule has 0 saturated heterocycles. The van der Waals surface area contributed by atoms with Crippen LogP contribution in [0.4, 0.5) is 0 Å². The molecule has 0 heterocycles. The normalized spacial score (nSPS) is 17.5. The van der Waals surface area contributed by atoms with Crippen molar-refractivity contribution in [2.45, 2.75) is 58.6 Å². The predicted molar refractivity (Wildman–Crippen MR) is 154 cm³/mol. The van der Waals surface area contributed by atoms with E-state index >= 15 is 0 Å². The first-order chi connectivity index (χ1) is 17.5. The summed E-state index contributed by atoms with van der Waals surface area (Å²) in [4.78, 5) is 12.7. The summed E-state index contributed by atoms with van der Waals surface area (Å²) in [5.41, 5.74) is 0.693. The van der Waals surface area contributed by atoms with Crippen LogP contribution in [0.1, 0.15) is 63.9 Å². The maximum Gasteiger partial charge on any atom is 0.339 e. The summed E-state index contributed by atoms with van der Waals surface area (Å²) in [6, 6.07) is 28.9. The third-order valence-corrected chi connectivity index (χ3v) is 11.8. The van der Waals surface area contributed by atoms with Gasteiger partial charge in [-0.2, -0.15) is 0 Å². The molecular weight excluding hydrogens is 472 g/mol. The lowest BCUT2D eigenvalue weighted by Gasteiger charge is -2.43. The Bertz CT molecular complexity index is 1230. The lowest BCUT2D eigenvalue weighted by molar-refractivity contribution is 0.00692. The van der Waals surface area contributed by atoms with Crippen LogP contribution in [0.5, 0.6) is 0 Å². The van der Waals surface area contributed by atoms with Gasteiger partial charge in [-0.3, -0.25) is 0 Å². The van der Waals surface area contributed by atoms with Crippen LogP contribution in [0.2, 0.25) is 5.04 Å². The summed E-state index contributed by atoms with van der Waals surface area (Å²) in [7, 11) is -2.54. The van der Waals surface area contributed by atoms with Crippen LogP contribution in [0.15, 0.2) is 84.9 Å². The van der Waals surface area contributed by atoms with Gasteiger partial charge in [0.25, 0.3) is 8.32 Å². The predicted octanol–water partition coefficient (Wildman–Crippen LogP) is 6.21. The first-order valence-electron chi connectivity index (χ1n) is 13.1. The van der Waals surface area contributed by atoms with Gasteiger partial charge in [0.05, 0.1) is 5.56 Å². The first-order valence-corrected chi connectivity index (χ1v) is 15.0. The Kier molecular flexibility index (Phi) is 7.78. The molecule has 0 spiro atoms. The third kappa shape index (κ3) is 6.24. The quantitative estimate of drug-likeness (QED) is 0.225. The van der Waals surface area contributed by atoms with E-state index < -0.39 is 13.9 Å². The molecule has 0 aliphatic heterocycles. The van der Waals surface area contributed by atoms with Crippen molar-refractivity contribution in [3.05, 3.63) is 96.1 Å². The topological polar surface area (TPSA) is 35.5 Å². The Balaban J connectivity index is 1.54. The molecule has 0 radical (unpaired) electrons. The molecule has 3 aromatic carbocycles. The number of benzene rings is 3. The average molecular weight is 511 g/mol. The molecular formula is C33H38O3Si. The molecule has 1 saturated carbocycles. The van der Waals surface area contributed by atoms with E-state index in [-0.39, 0.29) is 16.9 Å². The van der Waals surface area contributed by atoms with Crippen LogP contribution >= 0.6 is 0 Å². The minimum atomic E-state index is -2.54. The van der Waals surface area contributed by atoms with Crippen molar-refractivity contribution >= 4 is 24.7 Å². The molecule has 3 nitrogen and oxygen atoms in total. The highest BCUT2D eigenvalue weighted by Crippen LogP contribution is 2.42. The number of rotatable bonds is 6. The molecule has 0 unspecified atom stereocenters. The van der Waals surface area contributed by atoms with Crippen LogP contribution in [0.3, 0.4) is 0 Å². The smallest absolute Gasteiger partial charge is 0.339 e. The zero-order valence-corrected chi connectivity index (χ0v) is 23.9.